The monoisotopic (exact) mass is 397 g/mol. The summed E-state index contributed by atoms with van der Waals surface area (Å²) in [5.74, 6) is -0.664. The van der Waals surface area contributed by atoms with Gasteiger partial charge in [0.25, 0.3) is 0 Å². The highest BCUT2D eigenvalue weighted by Crippen LogP contribution is 2.18. The number of aliphatic hydroxyl groups excluding tert-OH is 3. The molecule has 0 bridgehead atoms. The minimum absolute atomic E-state index is 0.158. The van der Waals surface area contributed by atoms with Gasteiger partial charge in [0.05, 0.1) is 12.7 Å². The van der Waals surface area contributed by atoms with Crippen LogP contribution in [0.25, 0.3) is 0 Å². The molecule has 0 heterocycles. The van der Waals surface area contributed by atoms with Gasteiger partial charge in [0, 0.05) is 0 Å². The summed E-state index contributed by atoms with van der Waals surface area (Å²) in [5.41, 5.74) is 4.39. The third kappa shape index (κ3) is 7.75. The van der Waals surface area contributed by atoms with Crippen LogP contribution in [-0.4, -0.2) is 56.9 Å². The van der Waals surface area contributed by atoms with Crippen molar-refractivity contribution in [1.82, 2.24) is 0 Å². The summed E-state index contributed by atoms with van der Waals surface area (Å²) < 4.78 is 5.70. The zero-order valence-electron chi connectivity index (χ0n) is 16.9. The standard InChI is InChI=1S/C21H35NO6/c1-3-4-5-6-7-14-28-16-11-8-15(9-12-16)10-13-17(23)18(24)19(25)21(2,22)20(26)27/h8-9,11-12,17-19,23-25H,3-7,10,13-14,22H2,1-2H3,(H,26,27). The van der Waals surface area contributed by atoms with Crippen molar-refractivity contribution >= 4 is 5.97 Å². The maximum atomic E-state index is 11.1. The van der Waals surface area contributed by atoms with Crippen molar-refractivity contribution in [3.63, 3.8) is 0 Å². The zero-order valence-corrected chi connectivity index (χ0v) is 16.9. The van der Waals surface area contributed by atoms with Crippen molar-refractivity contribution in [2.45, 2.75) is 82.6 Å². The highest BCUT2D eigenvalue weighted by atomic mass is 16.5. The van der Waals surface area contributed by atoms with Crippen molar-refractivity contribution in [3.05, 3.63) is 29.8 Å². The van der Waals surface area contributed by atoms with Crippen LogP contribution in [0.1, 0.15) is 57.9 Å². The van der Waals surface area contributed by atoms with Crippen LogP contribution in [-0.2, 0) is 11.2 Å². The van der Waals surface area contributed by atoms with Crippen LogP contribution >= 0.6 is 0 Å². The highest BCUT2D eigenvalue weighted by Gasteiger charge is 2.43. The number of rotatable bonds is 14. The lowest BCUT2D eigenvalue weighted by Crippen LogP contribution is -2.61. The number of carbonyl (C=O) groups is 1. The van der Waals surface area contributed by atoms with E-state index in [0.717, 1.165) is 24.7 Å². The summed E-state index contributed by atoms with van der Waals surface area (Å²) >= 11 is 0. The van der Waals surface area contributed by atoms with E-state index in [9.17, 15) is 20.1 Å². The van der Waals surface area contributed by atoms with Gasteiger partial charge in [-0.15, -0.1) is 0 Å². The number of unbranched alkanes of at least 4 members (excludes halogenated alkanes) is 4. The number of aliphatic hydroxyl groups is 3. The fourth-order valence-corrected chi connectivity index (χ4v) is 2.82. The minimum Gasteiger partial charge on any atom is -0.494 e. The second-order valence-corrected chi connectivity index (χ2v) is 7.54. The van der Waals surface area contributed by atoms with Crippen LogP contribution in [0.15, 0.2) is 24.3 Å². The summed E-state index contributed by atoms with van der Waals surface area (Å²) in [7, 11) is 0. The Labute approximate surface area is 167 Å². The molecule has 1 rings (SSSR count). The number of carboxylic acid groups (broad SMARTS) is 1. The number of aliphatic carboxylic acids is 1. The van der Waals surface area contributed by atoms with E-state index in [1.54, 1.807) is 0 Å². The molecular weight excluding hydrogens is 362 g/mol. The Kier molecular flexibility index (Phi) is 10.5. The number of hydrogen-bond acceptors (Lipinski definition) is 6. The molecule has 28 heavy (non-hydrogen) atoms. The molecule has 6 N–H and O–H groups in total. The molecule has 0 radical (unpaired) electrons. The van der Waals surface area contributed by atoms with Crippen LogP contribution in [0.4, 0.5) is 0 Å². The van der Waals surface area contributed by atoms with Crippen LogP contribution in [0.5, 0.6) is 5.75 Å². The maximum Gasteiger partial charge on any atom is 0.326 e. The predicted molar refractivity (Wildman–Crippen MR) is 107 cm³/mol. The average molecular weight is 398 g/mol. The normalized spacial score (nSPS) is 16.8. The number of benzene rings is 1. The van der Waals surface area contributed by atoms with Gasteiger partial charge in [0.1, 0.15) is 23.5 Å². The molecule has 4 atom stereocenters. The summed E-state index contributed by atoms with van der Waals surface area (Å²) in [4.78, 5) is 11.1. The first-order chi connectivity index (χ1) is 13.2. The Morgan fingerprint density at radius 3 is 2.29 bits per heavy atom. The van der Waals surface area contributed by atoms with Crippen molar-refractivity contribution < 1.29 is 30.0 Å². The van der Waals surface area contributed by atoms with Crippen molar-refractivity contribution in [2.75, 3.05) is 6.61 Å². The van der Waals surface area contributed by atoms with Crippen LogP contribution < -0.4 is 10.5 Å². The predicted octanol–water partition coefficient (Wildman–Crippen LogP) is 1.85. The molecule has 7 nitrogen and oxygen atoms in total. The highest BCUT2D eigenvalue weighted by molar-refractivity contribution is 5.78. The summed E-state index contributed by atoms with van der Waals surface area (Å²) in [6, 6.07) is 7.49. The Bertz CT molecular complexity index is 575. The SMILES string of the molecule is CCCCCCCOc1ccc(CCC(O)C(O)C(O)C(C)(N)C(=O)O)cc1. The van der Waals surface area contributed by atoms with E-state index in [1.165, 1.54) is 25.7 Å². The van der Waals surface area contributed by atoms with Crippen LogP contribution in [0, 0.1) is 0 Å². The van der Waals surface area contributed by atoms with E-state index in [-0.39, 0.29) is 6.42 Å². The van der Waals surface area contributed by atoms with E-state index in [0.29, 0.717) is 13.0 Å². The van der Waals surface area contributed by atoms with Crippen LogP contribution in [0.2, 0.25) is 0 Å². The lowest BCUT2D eigenvalue weighted by atomic mass is 9.88. The van der Waals surface area contributed by atoms with Crippen molar-refractivity contribution in [1.29, 1.82) is 0 Å². The first-order valence-electron chi connectivity index (χ1n) is 9.98. The quantitative estimate of drug-likeness (QED) is 0.303. The molecule has 0 amide bonds. The van der Waals surface area contributed by atoms with Crippen molar-refractivity contribution in [2.24, 2.45) is 5.73 Å². The number of hydrogen-bond donors (Lipinski definition) is 5. The summed E-state index contributed by atoms with van der Waals surface area (Å²) in [5, 5.41) is 39.0. The van der Waals surface area contributed by atoms with E-state index < -0.39 is 29.8 Å². The van der Waals surface area contributed by atoms with Crippen LogP contribution in [0.3, 0.4) is 0 Å². The summed E-state index contributed by atoms with van der Waals surface area (Å²) in [6.07, 6.45) is 1.79. The van der Waals surface area contributed by atoms with Gasteiger partial charge in [-0.3, -0.25) is 4.79 Å². The number of nitrogens with two attached hydrogens (primary N) is 1. The topological polar surface area (TPSA) is 133 Å². The Morgan fingerprint density at radius 2 is 1.71 bits per heavy atom. The molecule has 0 saturated heterocycles. The third-order valence-corrected chi connectivity index (χ3v) is 4.96. The van der Waals surface area contributed by atoms with Gasteiger partial charge in [-0.2, -0.15) is 0 Å². The number of ether oxygens (including phenoxy) is 1. The fraction of sp³-hybridized carbons (Fsp3) is 0.667. The van der Waals surface area contributed by atoms with E-state index in [4.69, 9.17) is 15.6 Å². The molecule has 1 aromatic rings. The van der Waals surface area contributed by atoms with Gasteiger partial charge in [0.15, 0.2) is 0 Å². The molecule has 0 saturated carbocycles. The first kappa shape index (κ1) is 24.4. The molecule has 1 aromatic carbocycles. The fourth-order valence-electron chi connectivity index (χ4n) is 2.82. The zero-order chi connectivity index (χ0) is 21.2. The molecule has 0 fully saturated rings. The largest absolute Gasteiger partial charge is 0.494 e. The molecule has 160 valence electrons. The molecule has 0 aliphatic rings. The van der Waals surface area contributed by atoms with Gasteiger partial charge >= 0.3 is 5.97 Å². The molecule has 7 heteroatoms. The lowest BCUT2D eigenvalue weighted by molar-refractivity contribution is -0.154. The lowest BCUT2D eigenvalue weighted by Gasteiger charge is -2.31. The smallest absolute Gasteiger partial charge is 0.326 e. The van der Waals surface area contributed by atoms with E-state index in [1.807, 2.05) is 24.3 Å². The minimum atomic E-state index is -2.05. The van der Waals surface area contributed by atoms with E-state index in [2.05, 4.69) is 6.92 Å². The Morgan fingerprint density at radius 1 is 1.11 bits per heavy atom. The van der Waals surface area contributed by atoms with Crippen molar-refractivity contribution in [3.8, 4) is 5.75 Å². The Balaban J connectivity index is 2.41. The molecule has 0 spiro atoms. The summed E-state index contributed by atoms with van der Waals surface area (Å²) in [6.45, 7) is 3.97. The number of aryl methyl sites for hydroxylation is 1. The maximum absolute atomic E-state index is 11.1. The average Bonchev–Trinajstić information content (AvgIpc) is 2.68. The molecule has 0 aliphatic heterocycles. The van der Waals surface area contributed by atoms with Gasteiger partial charge < -0.3 is 30.9 Å². The molecular formula is C21H35NO6. The molecule has 0 aromatic heterocycles. The Hall–Kier alpha value is -1.67. The molecule has 4 unspecified atom stereocenters. The van der Waals surface area contributed by atoms with Gasteiger partial charge in [-0.25, -0.2) is 0 Å². The second kappa shape index (κ2) is 12.0. The number of carboxylic acids is 1. The van der Waals surface area contributed by atoms with Gasteiger partial charge in [-0.05, 0) is 43.9 Å². The van der Waals surface area contributed by atoms with Gasteiger partial charge in [0.2, 0.25) is 0 Å². The third-order valence-electron chi connectivity index (χ3n) is 4.96. The second-order valence-electron chi connectivity index (χ2n) is 7.54. The van der Waals surface area contributed by atoms with Gasteiger partial charge in [-0.1, -0.05) is 44.7 Å². The molecule has 0 aliphatic carbocycles. The first-order valence-corrected chi connectivity index (χ1v) is 9.98. The van der Waals surface area contributed by atoms with E-state index >= 15 is 0 Å².